The molecule has 2 heterocycles. The van der Waals surface area contributed by atoms with Crippen molar-refractivity contribution in [1.29, 1.82) is 0 Å². The number of sulfonamides is 1. The summed E-state index contributed by atoms with van der Waals surface area (Å²) in [5, 5.41) is 0. The molecule has 1 saturated heterocycles. The summed E-state index contributed by atoms with van der Waals surface area (Å²) >= 11 is 0. The summed E-state index contributed by atoms with van der Waals surface area (Å²) in [7, 11) is -4.04. The number of rotatable bonds is 4. The van der Waals surface area contributed by atoms with Gasteiger partial charge in [-0.05, 0) is 49.2 Å². The molecule has 0 atom stereocenters. The number of carbonyl (C=O) groups is 2. The number of hydrogen-bond donors (Lipinski definition) is 2. The van der Waals surface area contributed by atoms with Crippen LogP contribution in [0.15, 0.2) is 41.3 Å². The molecule has 0 saturated carbocycles. The predicted molar refractivity (Wildman–Crippen MR) is 107 cm³/mol. The van der Waals surface area contributed by atoms with Crippen molar-refractivity contribution in [3.63, 3.8) is 0 Å². The molecule has 2 N–H and O–H groups in total. The van der Waals surface area contributed by atoms with Crippen molar-refractivity contribution in [2.45, 2.75) is 17.7 Å². The minimum absolute atomic E-state index is 0.110. The van der Waals surface area contributed by atoms with E-state index in [4.69, 9.17) is 9.47 Å². The molecule has 2 aromatic rings. The Labute approximate surface area is 178 Å². The maximum Gasteiger partial charge on any atom is 0.269 e. The van der Waals surface area contributed by atoms with Gasteiger partial charge in [-0.2, -0.15) is 4.31 Å². The van der Waals surface area contributed by atoms with Crippen LogP contribution in [0.25, 0.3) is 0 Å². The summed E-state index contributed by atoms with van der Waals surface area (Å²) in [6.45, 7) is 1.40. The van der Waals surface area contributed by atoms with E-state index >= 15 is 0 Å². The second-order valence-electron chi connectivity index (χ2n) is 7.02. The number of carbonyl (C=O) groups excluding carboxylic acids is 2. The fraction of sp³-hybridized carbons (Fsp3) is 0.300. The summed E-state index contributed by atoms with van der Waals surface area (Å²) in [6, 6.07) is 7.60. The molecule has 0 bridgehead atoms. The quantitative estimate of drug-likeness (QED) is 0.683. The number of hydrazine groups is 1. The van der Waals surface area contributed by atoms with Crippen LogP contribution >= 0.6 is 0 Å². The number of ether oxygens (including phenoxy) is 2. The van der Waals surface area contributed by atoms with Gasteiger partial charge in [0, 0.05) is 24.2 Å². The highest BCUT2D eigenvalue weighted by atomic mass is 32.2. The topological polar surface area (TPSA) is 114 Å². The van der Waals surface area contributed by atoms with E-state index in [0.717, 1.165) is 18.2 Å². The summed E-state index contributed by atoms with van der Waals surface area (Å²) in [5.41, 5.74) is 4.56. The van der Waals surface area contributed by atoms with Gasteiger partial charge in [0.15, 0.2) is 11.5 Å². The molecule has 4 rings (SSSR count). The molecule has 0 radical (unpaired) electrons. The molecule has 2 aliphatic heterocycles. The first-order valence-electron chi connectivity index (χ1n) is 9.66. The van der Waals surface area contributed by atoms with E-state index < -0.39 is 32.6 Å². The van der Waals surface area contributed by atoms with Crippen LogP contribution in [0.1, 0.15) is 33.6 Å². The van der Waals surface area contributed by atoms with Gasteiger partial charge in [0.05, 0.1) is 0 Å². The van der Waals surface area contributed by atoms with Gasteiger partial charge in [-0.25, -0.2) is 12.8 Å². The molecular formula is C20H20FN3O6S. The van der Waals surface area contributed by atoms with Gasteiger partial charge in [-0.15, -0.1) is 0 Å². The molecule has 164 valence electrons. The van der Waals surface area contributed by atoms with E-state index in [1.165, 1.54) is 16.4 Å². The van der Waals surface area contributed by atoms with Crippen LogP contribution in [0.4, 0.5) is 4.39 Å². The first-order valence-corrected chi connectivity index (χ1v) is 11.1. The fourth-order valence-corrected chi connectivity index (χ4v) is 4.96. The van der Waals surface area contributed by atoms with Crippen LogP contribution in [0.5, 0.6) is 11.5 Å². The highest BCUT2D eigenvalue weighted by molar-refractivity contribution is 7.89. The molecular weight excluding hydrogens is 429 g/mol. The van der Waals surface area contributed by atoms with Crippen molar-refractivity contribution in [3.8, 4) is 11.5 Å². The van der Waals surface area contributed by atoms with Crippen LogP contribution < -0.4 is 20.3 Å². The number of halogens is 1. The molecule has 11 heteroatoms. The minimum Gasteiger partial charge on any atom is -0.486 e. The molecule has 0 spiro atoms. The Morgan fingerprint density at radius 1 is 0.871 bits per heavy atom. The maximum absolute atomic E-state index is 14.2. The van der Waals surface area contributed by atoms with Gasteiger partial charge in [-0.1, -0.05) is 0 Å². The lowest BCUT2D eigenvalue weighted by Gasteiger charge is -2.18. The number of fused-ring (bicyclic) bond motifs is 1. The standard InChI is InChI=1S/C20H20FN3O6S/c21-15-5-3-14(12-18(15)31(27,28)24-7-1-2-8-24)20(26)23-22-19(25)13-4-6-16-17(11-13)30-10-9-29-16/h3-6,11-12H,1-2,7-10H2,(H,22,25)(H,23,26). The normalized spacial score (nSPS) is 16.0. The van der Waals surface area contributed by atoms with Crippen molar-refractivity contribution in [3.05, 3.63) is 53.3 Å². The van der Waals surface area contributed by atoms with Crippen molar-refractivity contribution >= 4 is 21.8 Å². The largest absolute Gasteiger partial charge is 0.486 e. The Morgan fingerprint density at radius 3 is 2.13 bits per heavy atom. The van der Waals surface area contributed by atoms with Crippen LogP contribution in [0.3, 0.4) is 0 Å². The maximum atomic E-state index is 14.2. The Balaban J connectivity index is 1.46. The molecule has 0 aliphatic carbocycles. The van der Waals surface area contributed by atoms with E-state index in [1.807, 2.05) is 0 Å². The van der Waals surface area contributed by atoms with Crippen molar-refractivity contribution in [2.75, 3.05) is 26.3 Å². The van der Waals surface area contributed by atoms with Crippen LogP contribution in [-0.2, 0) is 10.0 Å². The van der Waals surface area contributed by atoms with Gasteiger partial charge in [0.1, 0.15) is 23.9 Å². The van der Waals surface area contributed by atoms with Crippen molar-refractivity contribution in [2.24, 2.45) is 0 Å². The number of benzene rings is 2. The molecule has 9 nitrogen and oxygen atoms in total. The zero-order valence-corrected chi connectivity index (χ0v) is 17.2. The van der Waals surface area contributed by atoms with Gasteiger partial charge < -0.3 is 9.47 Å². The highest BCUT2D eigenvalue weighted by Crippen LogP contribution is 2.30. The van der Waals surface area contributed by atoms with Crippen molar-refractivity contribution in [1.82, 2.24) is 15.2 Å². The molecule has 2 aromatic carbocycles. The summed E-state index contributed by atoms with van der Waals surface area (Å²) < 4.78 is 51.5. The van der Waals surface area contributed by atoms with Crippen LogP contribution in [-0.4, -0.2) is 50.8 Å². The number of hydrogen-bond acceptors (Lipinski definition) is 6. The SMILES string of the molecule is O=C(NNC(=O)c1ccc(F)c(S(=O)(=O)N2CCCC2)c1)c1ccc2c(c1)OCCO2. The molecule has 2 amide bonds. The van der Waals surface area contributed by atoms with Crippen LogP contribution in [0, 0.1) is 5.82 Å². The number of nitrogens with zero attached hydrogens (tertiary/aromatic N) is 1. The summed E-state index contributed by atoms with van der Waals surface area (Å²) in [6.07, 6.45) is 1.40. The monoisotopic (exact) mass is 449 g/mol. The molecule has 0 unspecified atom stereocenters. The molecule has 0 aromatic heterocycles. The van der Waals surface area contributed by atoms with Gasteiger partial charge in [0.2, 0.25) is 10.0 Å². The van der Waals surface area contributed by atoms with E-state index in [1.54, 1.807) is 6.07 Å². The van der Waals surface area contributed by atoms with E-state index in [2.05, 4.69) is 10.9 Å². The first kappa shape index (κ1) is 21.1. The number of nitrogens with one attached hydrogen (secondary N) is 2. The average Bonchev–Trinajstić information content (AvgIpc) is 3.33. The summed E-state index contributed by atoms with van der Waals surface area (Å²) in [5.74, 6) is -1.41. The summed E-state index contributed by atoms with van der Waals surface area (Å²) in [4.78, 5) is 24.2. The Hall–Kier alpha value is -3.18. The predicted octanol–water partition coefficient (Wildman–Crippen LogP) is 1.46. The number of amides is 2. The average molecular weight is 449 g/mol. The lowest BCUT2D eigenvalue weighted by molar-refractivity contribution is 0.0846. The van der Waals surface area contributed by atoms with Gasteiger partial charge in [-0.3, -0.25) is 20.4 Å². The third-order valence-electron chi connectivity index (χ3n) is 4.97. The van der Waals surface area contributed by atoms with Crippen LogP contribution in [0.2, 0.25) is 0 Å². The second kappa shape index (κ2) is 8.52. The first-order chi connectivity index (χ1) is 14.9. The molecule has 2 aliphatic rings. The second-order valence-corrected chi connectivity index (χ2v) is 8.93. The third kappa shape index (κ3) is 4.32. The van der Waals surface area contributed by atoms with E-state index in [0.29, 0.717) is 50.6 Å². The van der Waals surface area contributed by atoms with E-state index in [-0.39, 0.29) is 11.1 Å². The minimum atomic E-state index is -4.04. The van der Waals surface area contributed by atoms with E-state index in [9.17, 15) is 22.4 Å². The Bertz CT molecular complexity index is 1130. The lowest BCUT2D eigenvalue weighted by atomic mass is 10.2. The Kier molecular flexibility index (Phi) is 5.79. The third-order valence-corrected chi connectivity index (χ3v) is 6.88. The molecule has 1 fully saturated rings. The van der Waals surface area contributed by atoms with Gasteiger partial charge in [0.25, 0.3) is 11.8 Å². The lowest BCUT2D eigenvalue weighted by Crippen LogP contribution is -2.41. The van der Waals surface area contributed by atoms with Crippen molar-refractivity contribution < 1.29 is 31.9 Å². The smallest absolute Gasteiger partial charge is 0.269 e. The highest BCUT2D eigenvalue weighted by Gasteiger charge is 2.30. The Morgan fingerprint density at radius 2 is 1.45 bits per heavy atom. The fourth-order valence-electron chi connectivity index (χ4n) is 3.35. The van der Waals surface area contributed by atoms with Gasteiger partial charge >= 0.3 is 0 Å². The zero-order valence-electron chi connectivity index (χ0n) is 16.4. The molecule has 31 heavy (non-hydrogen) atoms. The zero-order chi connectivity index (χ0) is 22.0.